The average Bonchev–Trinajstić information content (AvgIpc) is 2.84. The number of halogens is 1. The molecular weight excluding hydrogens is 237 g/mol. The molecule has 0 saturated carbocycles. The van der Waals surface area contributed by atoms with Crippen LogP contribution < -0.4 is 11.1 Å². The summed E-state index contributed by atoms with van der Waals surface area (Å²) in [5.74, 6) is -0.745. The van der Waals surface area contributed by atoms with Gasteiger partial charge in [-0.05, 0) is 24.6 Å². The topological polar surface area (TPSA) is 67.6 Å². The second kappa shape index (κ2) is 5.79. The van der Waals surface area contributed by atoms with Gasteiger partial charge in [-0.1, -0.05) is 0 Å². The van der Waals surface area contributed by atoms with E-state index in [0.717, 1.165) is 13.0 Å². The summed E-state index contributed by atoms with van der Waals surface area (Å²) >= 11 is 0. The largest absolute Gasteiger partial charge is 0.399 e. The molecule has 1 aromatic rings. The highest BCUT2D eigenvalue weighted by Crippen LogP contribution is 2.17. The predicted octanol–water partition coefficient (Wildman–Crippen LogP) is 1.37. The maximum Gasteiger partial charge on any atom is 0.225 e. The molecule has 2 rings (SSSR count). The number of carbonyl (C=O) groups is 1. The number of nitrogen functional groups attached to an aromatic ring is 1. The molecule has 98 valence electrons. The molecule has 18 heavy (non-hydrogen) atoms. The molecule has 3 N–H and O–H groups in total. The Labute approximate surface area is 105 Å². The van der Waals surface area contributed by atoms with Gasteiger partial charge in [0.1, 0.15) is 5.82 Å². The number of nitrogens with zero attached hydrogens (tertiary/aromatic N) is 1. The van der Waals surface area contributed by atoms with Crippen LogP contribution in [0, 0.1) is 5.82 Å². The van der Waals surface area contributed by atoms with Crippen LogP contribution in [-0.4, -0.2) is 30.7 Å². The molecule has 0 aliphatic carbocycles. The fourth-order valence-electron chi connectivity index (χ4n) is 1.75. The number of benzene rings is 1. The Kier molecular flexibility index (Phi) is 4.11. The number of hydrogen-bond donors (Lipinski definition) is 2. The molecule has 1 heterocycles. The maximum absolute atomic E-state index is 13.4. The average molecular weight is 253 g/mol. The van der Waals surface area contributed by atoms with E-state index in [4.69, 9.17) is 10.6 Å². The van der Waals surface area contributed by atoms with E-state index in [9.17, 15) is 9.18 Å². The predicted molar refractivity (Wildman–Crippen MR) is 66.2 cm³/mol. The molecule has 0 unspecified atom stereocenters. The molecule has 1 amide bonds. The molecule has 1 aliphatic rings. The summed E-state index contributed by atoms with van der Waals surface area (Å²) in [5, 5.41) is 4.24. The van der Waals surface area contributed by atoms with Crippen LogP contribution in [0.25, 0.3) is 0 Å². The first-order chi connectivity index (χ1) is 8.65. The van der Waals surface area contributed by atoms with Crippen molar-refractivity contribution in [3.63, 3.8) is 0 Å². The highest BCUT2D eigenvalue weighted by atomic mass is 19.1. The van der Waals surface area contributed by atoms with Gasteiger partial charge in [0.15, 0.2) is 0 Å². The van der Waals surface area contributed by atoms with Gasteiger partial charge in [-0.25, -0.2) is 4.39 Å². The van der Waals surface area contributed by atoms with E-state index in [1.165, 1.54) is 18.2 Å². The van der Waals surface area contributed by atoms with Crippen LogP contribution in [0.4, 0.5) is 15.8 Å². The Hall–Kier alpha value is -1.66. The number of rotatable bonds is 4. The number of nitrogens with one attached hydrogen (secondary N) is 1. The summed E-state index contributed by atoms with van der Waals surface area (Å²) in [6.45, 7) is 2.04. The van der Waals surface area contributed by atoms with Crippen LogP contribution in [0.15, 0.2) is 18.2 Å². The van der Waals surface area contributed by atoms with Crippen molar-refractivity contribution in [3.05, 3.63) is 24.0 Å². The molecule has 0 spiro atoms. The third-order valence-electron chi connectivity index (χ3n) is 2.68. The molecule has 0 radical (unpaired) electrons. The lowest BCUT2D eigenvalue weighted by Crippen LogP contribution is -2.24. The van der Waals surface area contributed by atoms with Crippen molar-refractivity contribution in [2.75, 3.05) is 30.7 Å². The van der Waals surface area contributed by atoms with Gasteiger partial charge in [-0.15, -0.1) is 0 Å². The van der Waals surface area contributed by atoms with Crippen LogP contribution in [0.1, 0.15) is 12.8 Å². The van der Waals surface area contributed by atoms with E-state index < -0.39 is 5.82 Å². The molecule has 1 aromatic carbocycles. The molecule has 1 fully saturated rings. The number of hydroxylamine groups is 2. The Morgan fingerprint density at radius 3 is 3.11 bits per heavy atom. The van der Waals surface area contributed by atoms with E-state index in [1.54, 1.807) is 5.06 Å². The van der Waals surface area contributed by atoms with Crippen LogP contribution in [0.3, 0.4) is 0 Å². The van der Waals surface area contributed by atoms with Gasteiger partial charge in [0.05, 0.1) is 12.3 Å². The van der Waals surface area contributed by atoms with Gasteiger partial charge in [0.25, 0.3) is 0 Å². The molecule has 1 aliphatic heterocycles. The SMILES string of the molecule is Nc1ccc(F)c(NC(=O)CCN2CCCO2)c1. The van der Waals surface area contributed by atoms with E-state index in [-0.39, 0.29) is 18.0 Å². The minimum atomic E-state index is -0.491. The third-order valence-corrected chi connectivity index (χ3v) is 2.68. The summed E-state index contributed by atoms with van der Waals surface area (Å²) in [5.41, 5.74) is 6.06. The summed E-state index contributed by atoms with van der Waals surface area (Å²) in [6, 6.07) is 4.08. The number of nitrogens with two attached hydrogens (primary N) is 1. The van der Waals surface area contributed by atoms with Crippen molar-refractivity contribution in [2.45, 2.75) is 12.8 Å². The zero-order chi connectivity index (χ0) is 13.0. The van der Waals surface area contributed by atoms with Crippen molar-refractivity contribution in [3.8, 4) is 0 Å². The minimum absolute atomic E-state index is 0.113. The molecule has 1 saturated heterocycles. The number of hydrogen-bond acceptors (Lipinski definition) is 4. The van der Waals surface area contributed by atoms with E-state index in [1.807, 2.05) is 0 Å². The standard InChI is InChI=1S/C12H16FN3O2/c13-10-3-2-9(14)8-11(10)15-12(17)4-6-16-5-1-7-18-16/h2-3,8H,1,4-7,14H2,(H,15,17). The quantitative estimate of drug-likeness (QED) is 0.795. The van der Waals surface area contributed by atoms with Gasteiger partial charge in [-0.2, -0.15) is 5.06 Å². The maximum atomic E-state index is 13.4. The van der Waals surface area contributed by atoms with Crippen molar-refractivity contribution in [1.29, 1.82) is 0 Å². The van der Waals surface area contributed by atoms with E-state index in [0.29, 0.717) is 18.8 Å². The Bertz CT molecular complexity index is 433. The fourth-order valence-corrected chi connectivity index (χ4v) is 1.75. The highest BCUT2D eigenvalue weighted by Gasteiger charge is 2.14. The van der Waals surface area contributed by atoms with E-state index in [2.05, 4.69) is 5.32 Å². The van der Waals surface area contributed by atoms with Crippen molar-refractivity contribution >= 4 is 17.3 Å². The molecule has 0 aromatic heterocycles. The lowest BCUT2D eigenvalue weighted by Gasteiger charge is -2.13. The minimum Gasteiger partial charge on any atom is -0.399 e. The summed E-state index contributed by atoms with van der Waals surface area (Å²) in [7, 11) is 0. The van der Waals surface area contributed by atoms with Crippen molar-refractivity contribution in [2.24, 2.45) is 0 Å². The summed E-state index contributed by atoms with van der Waals surface area (Å²) < 4.78 is 13.4. The van der Waals surface area contributed by atoms with Gasteiger partial charge >= 0.3 is 0 Å². The zero-order valence-corrected chi connectivity index (χ0v) is 9.99. The monoisotopic (exact) mass is 253 g/mol. The first-order valence-corrected chi connectivity index (χ1v) is 5.88. The Balaban J connectivity index is 1.84. The van der Waals surface area contributed by atoms with Gasteiger partial charge in [0.2, 0.25) is 5.91 Å². The van der Waals surface area contributed by atoms with Crippen LogP contribution in [0.2, 0.25) is 0 Å². The Morgan fingerprint density at radius 1 is 1.56 bits per heavy atom. The second-order valence-corrected chi connectivity index (χ2v) is 4.15. The van der Waals surface area contributed by atoms with E-state index >= 15 is 0 Å². The smallest absolute Gasteiger partial charge is 0.225 e. The number of amides is 1. The molecule has 6 heteroatoms. The molecular formula is C12H16FN3O2. The number of anilines is 2. The van der Waals surface area contributed by atoms with Gasteiger partial charge < -0.3 is 11.1 Å². The van der Waals surface area contributed by atoms with Crippen molar-refractivity contribution < 1.29 is 14.0 Å². The normalized spacial score (nSPS) is 15.8. The Morgan fingerprint density at radius 2 is 2.39 bits per heavy atom. The lowest BCUT2D eigenvalue weighted by atomic mass is 10.2. The summed E-state index contributed by atoms with van der Waals surface area (Å²) in [4.78, 5) is 16.9. The highest BCUT2D eigenvalue weighted by molar-refractivity contribution is 5.91. The first kappa shape index (κ1) is 12.8. The molecule has 0 bridgehead atoms. The van der Waals surface area contributed by atoms with Crippen LogP contribution in [0.5, 0.6) is 0 Å². The lowest BCUT2D eigenvalue weighted by molar-refractivity contribution is -0.126. The fraction of sp³-hybridized carbons (Fsp3) is 0.417. The van der Waals surface area contributed by atoms with Gasteiger partial charge in [-0.3, -0.25) is 9.63 Å². The second-order valence-electron chi connectivity index (χ2n) is 4.15. The number of carbonyl (C=O) groups excluding carboxylic acids is 1. The molecule has 5 nitrogen and oxygen atoms in total. The third kappa shape index (κ3) is 3.41. The van der Waals surface area contributed by atoms with Crippen LogP contribution in [-0.2, 0) is 9.63 Å². The molecule has 0 atom stereocenters. The first-order valence-electron chi connectivity index (χ1n) is 5.88. The summed E-state index contributed by atoms with van der Waals surface area (Å²) in [6.07, 6.45) is 1.24. The van der Waals surface area contributed by atoms with Crippen LogP contribution >= 0.6 is 0 Å². The van der Waals surface area contributed by atoms with Crippen molar-refractivity contribution in [1.82, 2.24) is 5.06 Å². The van der Waals surface area contributed by atoms with Gasteiger partial charge in [0, 0.05) is 25.2 Å². The zero-order valence-electron chi connectivity index (χ0n) is 9.99.